The maximum absolute atomic E-state index is 13.8. The molecule has 56 heavy (non-hydrogen) atoms. The highest BCUT2D eigenvalue weighted by atomic mass is 35.5. The van der Waals surface area contributed by atoms with Crippen LogP contribution in [0, 0.1) is 17.2 Å². The van der Waals surface area contributed by atoms with Crippen LogP contribution in [0.15, 0.2) is 67.0 Å². The Balaban J connectivity index is 1.03. The fraction of sp³-hybridized carbons (Fsp3) is 0.478. The van der Waals surface area contributed by atoms with Gasteiger partial charge < -0.3 is 24.6 Å². The van der Waals surface area contributed by atoms with Crippen molar-refractivity contribution >= 4 is 23.2 Å². The lowest BCUT2D eigenvalue weighted by atomic mass is 9.84. The van der Waals surface area contributed by atoms with E-state index in [2.05, 4.69) is 28.5 Å². The quantitative estimate of drug-likeness (QED) is 0.109. The predicted molar refractivity (Wildman–Crippen MR) is 219 cm³/mol. The molecule has 7 nitrogen and oxygen atoms in total. The third-order valence-corrected chi connectivity index (χ3v) is 12.4. The second kappa shape index (κ2) is 19.5. The maximum Gasteiger partial charge on any atom is 0.142 e. The van der Waals surface area contributed by atoms with Crippen LogP contribution < -0.4 is 19.5 Å². The minimum atomic E-state index is -0.610. The zero-order valence-electron chi connectivity index (χ0n) is 32.0. The van der Waals surface area contributed by atoms with E-state index in [0.29, 0.717) is 51.9 Å². The second-order valence-corrected chi connectivity index (χ2v) is 16.5. The number of fused-ring (bicyclic) bond motifs is 1. The number of pyridine rings is 1. The van der Waals surface area contributed by atoms with E-state index in [-0.39, 0.29) is 24.9 Å². The van der Waals surface area contributed by atoms with Crippen molar-refractivity contribution in [2.75, 3.05) is 6.61 Å². The summed E-state index contributed by atoms with van der Waals surface area (Å²) in [4.78, 5) is 4.18. The molecule has 5 atom stereocenters. The van der Waals surface area contributed by atoms with Gasteiger partial charge in [-0.3, -0.25) is 4.98 Å². The third kappa shape index (κ3) is 10.2. The first-order chi connectivity index (χ1) is 27.4. The topological polar surface area (TPSA) is 96.6 Å². The van der Waals surface area contributed by atoms with Crippen LogP contribution in [0.25, 0.3) is 11.1 Å². The fourth-order valence-corrected chi connectivity index (χ4v) is 9.19. The number of aliphatic hydroxyl groups is 1. The molecule has 0 aliphatic heterocycles. The van der Waals surface area contributed by atoms with Gasteiger partial charge in [0.05, 0.1) is 28.3 Å². The van der Waals surface area contributed by atoms with Crippen LogP contribution in [0.3, 0.4) is 0 Å². The van der Waals surface area contributed by atoms with E-state index in [1.165, 1.54) is 11.8 Å². The molecular formula is C46H52Cl2FN3O4. The van der Waals surface area contributed by atoms with Gasteiger partial charge in [0.25, 0.3) is 0 Å². The fourth-order valence-electron chi connectivity index (χ4n) is 8.67. The van der Waals surface area contributed by atoms with Crippen molar-refractivity contribution in [1.29, 1.82) is 5.26 Å². The molecule has 3 aromatic carbocycles. The molecular weight excluding hydrogens is 748 g/mol. The third-order valence-electron chi connectivity index (χ3n) is 11.7. The number of aromatic nitrogens is 1. The molecule has 10 heteroatoms. The largest absolute Gasteiger partial charge is 0.492 e. The summed E-state index contributed by atoms with van der Waals surface area (Å²) in [5, 5.41) is 24.6. The number of ether oxygens (including phenoxy) is 3. The smallest absolute Gasteiger partial charge is 0.142 e. The summed E-state index contributed by atoms with van der Waals surface area (Å²) in [6, 6.07) is 19.9. The maximum atomic E-state index is 13.8. The van der Waals surface area contributed by atoms with Crippen molar-refractivity contribution in [3.8, 4) is 34.4 Å². The summed E-state index contributed by atoms with van der Waals surface area (Å²) in [6.45, 7) is 1.27. The summed E-state index contributed by atoms with van der Waals surface area (Å²) < 4.78 is 33.0. The predicted octanol–water partition coefficient (Wildman–Crippen LogP) is 11.4. The van der Waals surface area contributed by atoms with Crippen LogP contribution in [-0.4, -0.2) is 35.0 Å². The average molecular weight is 801 g/mol. The molecule has 2 fully saturated rings. The number of nitrogens with one attached hydrogen (secondary N) is 1. The average Bonchev–Trinajstić information content (AvgIpc) is 3.62. The summed E-state index contributed by atoms with van der Waals surface area (Å²) >= 11 is 14.0. The molecule has 0 spiro atoms. The molecule has 296 valence electrons. The Hall–Kier alpha value is -3.87. The van der Waals surface area contributed by atoms with Crippen LogP contribution in [0.2, 0.25) is 10.0 Å². The first-order valence-electron chi connectivity index (χ1n) is 20.4. The molecule has 0 saturated heterocycles. The van der Waals surface area contributed by atoms with Gasteiger partial charge in [-0.2, -0.15) is 5.26 Å². The lowest BCUT2D eigenvalue weighted by Crippen LogP contribution is -2.41. The van der Waals surface area contributed by atoms with Gasteiger partial charge >= 0.3 is 0 Å². The Bertz CT molecular complexity index is 1990. The van der Waals surface area contributed by atoms with Crippen LogP contribution in [-0.2, 0) is 19.6 Å². The minimum absolute atomic E-state index is 0.00207. The lowest BCUT2D eigenvalue weighted by Gasteiger charge is -2.29. The van der Waals surface area contributed by atoms with Gasteiger partial charge in [-0.1, -0.05) is 98.5 Å². The molecule has 0 radical (unpaired) electrons. The van der Waals surface area contributed by atoms with E-state index in [9.17, 15) is 14.8 Å². The van der Waals surface area contributed by atoms with Crippen molar-refractivity contribution in [2.24, 2.45) is 5.92 Å². The molecule has 2 saturated carbocycles. The number of hydrogen-bond acceptors (Lipinski definition) is 7. The number of halogens is 3. The Morgan fingerprint density at radius 1 is 0.875 bits per heavy atom. The number of benzene rings is 3. The SMILES string of the molecule is N#Cc1cncc(COc2cc(O[C@H]3CCc4c(-c5cccc(OCCCCCC6CCC[C@@H](F)C6)c5Cl)cccc43)c(Cl)cc2CN[C@@H]2CCCC[C@@H]2O)c1. The van der Waals surface area contributed by atoms with Gasteiger partial charge in [-0.15, -0.1) is 0 Å². The van der Waals surface area contributed by atoms with Crippen LogP contribution in [0.4, 0.5) is 4.39 Å². The molecule has 4 aromatic rings. The highest BCUT2D eigenvalue weighted by Crippen LogP contribution is 2.45. The summed E-state index contributed by atoms with van der Waals surface area (Å²) in [5.41, 5.74) is 6.38. The second-order valence-electron chi connectivity index (χ2n) is 15.7. The number of aliphatic hydroxyl groups excluding tert-OH is 1. The number of alkyl halides is 1. The van der Waals surface area contributed by atoms with Crippen LogP contribution >= 0.6 is 23.2 Å². The summed E-state index contributed by atoms with van der Waals surface area (Å²) in [5.74, 6) is 2.35. The standard InChI is InChI=1S/C46H52Cl2FN3O4/c47-39-23-33(28-52-40-15-3-4-16-41(40)53)44(55-29-32-21-31(25-50)26-51-27-32)24-45(39)56-42-19-18-36-35(12-7-13-37(36)42)38-14-8-17-43(46(38)48)54-20-5-1-2-9-30-10-6-11-34(49)22-30/h7-8,12-14,17,21,23-24,26-27,30,34,40-42,52-53H,1-6,9-11,15-16,18-20,22,28-29H2/t30?,34-,40-,41+,42+/m1/s1. The van der Waals surface area contributed by atoms with Crippen LogP contribution in [0.5, 0.6) is 17.2 Å². The van der Waals surface area contributed by atoms with E-state index in [1.807, 2.05) is 36.4 Å². The monoisotopic (exact) mass is 799 g/mol. The highest BCUT2D eigenvalue weighted by Gasteiger charge is 2.29. The molecule has 1 aromatic heterocycles. The zero-order chi connectivity index (χ0) is 38.9. The van der Waals surface area contributed by atoms with Gasteiger partial charge in [0.1, 0.15) is 42.2 Å². The van der Waals surface area contributed by atoms with Gasteiger partial charge in [0.15, 0.2) is 0 Å². The Morgan fingerprint density at radius 3 is 2.59 bits per heavy atom. The van der Waals surface area contributed by atoms with Gasteiger partial charge in [0, 0.05) is 47.7 Å². The van der Waals surface area contributed by atoms with E-state index in [0.717, 1.165) is 118 Å². The van der Waals surface area contributed by atoms with Gasteiger partial charge in [-0.25, -0.2) is 4.39 Å². The molecule has 2 N–H and O–H groups in total. The van der Waals surface area contributed by atoms with E-state index in [1.54, 1.807) is 12.3 Å². The van der Waals surface area contributed by atoms with Crippen LogP contribution in [0.1, 0.15) is 117 Å². The first-order valence-corrected chi connectivity index (χ1v) is 21.2. The Labute approximate surface area is 340 Å². The molecule has 3 aliphatic rings. The number of unbranched alkanes of at least 4 members (excludes halogenated alkanes) is 2. The number of hydrogen-bond donors (Lipinski definition) is 2. The van der Waals surface area contributed by atoms with Gasteiger partial charge in [0.2, 0.25) is 0 Å². The molecule has 1 heterocycles. The minimum Gasteiger partial charge on any atom is -0.492 e. The summed E-state index contributed by atoms with van der Waals surface area (Å²) in [6.07, 6.45) is 15.3. The number of nitrogens with zero attached hydrogens (tertiary/aromatic N) is 2. The van der Waals surface area contributed by atoms with Crippen molar-refractivity contribution < 1.29 is 23.7 Å². The molecule has 3 aliphatic carbocycles. The van der Waals surface area contributed by atoms with E-state index >= 15 is 0 Å². The lowest BCUT2D eigenvalue weighted by molar-refractivity contribution is 0.0901. The van der Waals surface area contributed by atoms with Crippen molar-refractivity contribution in [2.45, 2.75) is 127 Å². The molecule has 1 unspecified atom stereocenters. The number of nitriles is 1. The van der Waals surface area contributed by atoms with Gasteiger partial charge in [-0.05, 0) is 85.8 Å². The molecule has 0 amide bonds. The highest BCUT2D eigenvalue weighted by molar-refractivity contribution is 6.35. The first kappa shape index (κ1) is 40.3. The Kier molecular flexibility index (Phi) is 14.1. The van der Waals surface area contributed by atoms with E-state index in [4.69, 9.17) is 37.4 Å². The Morgan fingerprint density at radius 2 is 1.73 bits per heavy atom. The van der Waals surface area contributed by atoms with Crippen molar-refractivity contribution in [3.05, 3.63) is 105 Å². The summed E-state index contributed by atoms with van der Waals surface area (Å²) in [7, 11) is 0. The molecule has 7 rings (SSSR count). The normalized spacial score (nSPS) is 21.9. The molecule has 0 bridgehead atoms. The number of rotatable bonds is 16. The zero-order valence-corrected chi connectivity index (χ0v) is 33.5. The van der Waals surface area contributed by atoms with E-state index < -0.39 is 6.17 Å². The van der Waals surface area contributed by atoms with Crippen molar-refractivity contribution in [1.82, 2.24) is 10.3 Å². The van der Waals surface area contributed by atoms with Crippen molar-refractivity contribution in [3.63, 3.8) is 0 Å².